The summed E-state index contributed by atoms with van der Waals surface area (Å²) in [7, 11) is 1.32. The molecule has 1 amide bonds. The van der Waals surface area contributed by atoms with Gasteiger partial charge in [0.05, 0.1) is 39.9 Å². The zero-order valence-electron chi connectivity index (χ0n) is 48.9. The molecule has 0 aromatic rings. The fourth-order valence-corrected chi connectivity index (χ4v) is 10.4. The van der Waals surface area contributed by atoms with E-state index in [-0.39, 0.29) is 19.1 Å². The van der Waals surface area contributed by atoms with Crippen molar-refractivity contribution >= 4 is 13.7 Å². The second-order valence-electron chi connectivity index (χ2n) is 23.1. The molecule has 0 rings (SSSR count). The molecule has 0 fully saturated rings. The summed E-state index contributed by atoms with van der Waals surface area (Å²) in [6.07, 6.45) is 69.5. The number of amides is 1. The summed E-state index contributed by atoms with van der Waals surface area (Å²) in [6.45, 7) is 4.77. The molecule has 0 heterocycles. The predicted molar refractivity (Wildman–Crippen MR) is 312 cm³/mol. The fraction of sp³-hybridized carbons (Fsp3) is 0.921. The lowest BCUT2D eigenvalue weighted by Crippen LogP contribution is -2.46. The van der Waals surface area contributed by atoms with Crippen LogP contribution < -0.4 is 10.2 Å². The van der Waals surface area contributed by atoms with Gasteiger partial charge in [0.15, 0.2) is 0 Å². The van der Waals surface area contributed by atoms with Crippen molar-refractivity contribution < 1.29 is 32.9 Å². The van der Waals surface area contributed by atoms with Gasteiger partial charge in [-0.1, -0.05) is 295 Å². The van der Waals surface area contributed by atoms with Crippen LogP contribution in [0.1, 0.15) is 322 Å². The molecule has 0 spiro atoms. The molecule has 428 valence electrons. The van der Waals surface area contributed by atoms with Crippen LogP contribution in [0.2, 0.25) is 0 Å². The third-order valence-electron chi connectivity index (χ3n) is 14.7. The third kappa shape index (κ3) is 56.7. The summed E-state index contributed by atoms with van der Waals surface area (Å²) in [5.41, 5.74) is 0. The number of likely N-dealkylation sites (N-methyl/N-ethyl adjacent to an activating group) is 1. The first-order chi connectivity index (χ1) is 35.0. The van der Waals surface area contributed by atoms with E-state index in [1.807, 2.05) is 21.1 Å². The van der Waals surface area contributed by atoms with Crippen LogP contribution in [0.4, 0.5) is 0 Å². The van der Waals surface area contributed by atoms with Crippen LogP contribution in [0, 0.1) is 0 Å². The van der Waals surface area contributed by atoms with Gasteiger partial charge in [-0.25, -0.2) is 0 Å². The van der Waals surface area contributed by atoms with Crippen LogP contribution in [0.5, 0.6) is 0 Å². The number of allylic oxidation sites excluding steroid dienone is 4. The largest absolute Gasteiger partial charge is 0.756 e. The molecular weight excluding hydrogens is 912 g/mol. The lowest BCUT2D eigenvalue weighted by atomic mass is 10.0. The quantitative estimate of drug-likeness (QED) is 0.0272. The summed E-state index contributed by atoms with van der Waals surface area (Å²) in [4.78, 5) is 25.6. The smallest absolute Gasteiger partial charge is 0.268 e. The van der Waals surface area contributed by atoms with Crippen molar-refractivity contribution in [3.05, 3.63) is 24.3 Å². The van der Waals surface area contributed by atoms with Gasteiger partial charge in [0.25, 0.3) is 7.82 Å². The number of phosphoric ester groups is 1. The number of phosphoric acid groups is 1. The van der Waals surface area contributed by atoms with Crippen molar-refractivity contribution in [1.82, 2.24) is 5.32 Å². The molecule has 0 aromatic carbocycles. The minimum atomic E-state index is -4.57. The molecule has 2 N–H and O–H groups in total. The molecule has 0 saturated heterocycles. The zero-order valence-corrected chi connectivity index (χ0v) is 49.8. The average molecular weight is 1040 g/mol. The molecule has 0 aliphatic heterocycles. The Bertz CT molecular complexity index is 1220. The molecule has 0 aromatic heterocycles. The lowest BCUT2D eigenvalue weighted by molar-refractivity contribution is -0.870. The number of carbonyl (C=O) groups is 1. The van der Waals surface area contributed by atoms with Gasteiger partial charge < -0.3 is 28.8 Å². The number of carbonyl (C=O) groups excluding carboxylic acids is 1. The van der Waals surface area contributed by atoms with Gasteiger partial charge in [-0.05, 0) is 44.9 Å². The number of nitrogens with zero attached hydrogens (tertiary/aromatic N) is 1. The molecular formula is C63H125N2O6P. The number of hydrogen-bond acceptors (Lipinski definition) is 6. The maximum Gasteiger partial charge on any atom is 0.268 e. The molecule has 0 radical (unpaired) electrons. The average Bonchev–Trinajstić information content (AvgIpc) is 3.34. The Balaban J connectivity index is 4.00. The maximum absolute atomic E-state index is 13.0. The van der Waals surface area contributed by atoms with Crippen molar-refractivity contribution in [2.75, 3.05) is 40.9 Å². The first kappa shape index (κ1) is 71.0. The van der Waals surface area contributed by atoms with E-state index in [2.05, 4.69) is 43.5 Å². The standard InChI is InChI=1S/C63H125N2O6P/c1-6-8-10-12-14-16-18-20-22-24-25-26-27-28-29-30-31-32-33-34-35-36-37-38-39-41-43-45-47-49-51-53-55-57-63(67)64-61(60-71-72(68,69)70-59-58-65(3,4)5)62(66)56-54-52-50-48-46-44-42-40-23-21-19-17-15-13-11-9-7-2/h25-26,28-29,61-62,66H,6-24,27,30-60H2,1-5H3,(H-,64,67,68,69)/b26-25-,29-28-. The van der Waals surface area contributed by atoms with Crippen LogP contribution >= 0.6 is 7.82 Å². The molecule has 8 nitrogen and oxygen atoms in total. The van der Waals surface area contributed by atoms with E-state index >= 15 is 0 Å². The predicted octanol–water partition coefficient (Wildman–Crippen LogP) is 18.9. The summed E-state index contributed by atoms with van der Waals surface area (Å²) < 4.78 is 23.5. The Morgan fingerprint density at radius 3 is 1.15 bits per heavy atom. The Kier molecular flexibility index (Phi) is 54.0. The van der Waals surface area contributed by atoms with Crippen molar-refractivity contribution in [2.24, 2.45) is 0 Å². The van der Waals surface area contributed by atoms with Gasteiger partial charge in [0.2, 0.25) is 5.91 Å². The second kappa shape index (κ2) is 54.8. The molecule has 0 aliphatic rings. The van der Waals surface area contributed by atoms with Gasteiger partial charge in [-0.2, -0.15) is 0 Å². The highest BCUT2D eigenvalue weighted by atomic mass is 31.2. The van der Waals surface area contributed by atoms with Crippen molar-refractivity contribution in [1.29, 1.82) is 0 Å². The highest BCUT2D eigenvalue weighted by molar-refractivity contribution is 7.45. The Morgan fingerprint density at radius 2 is 0.806 bits per heavy atom. The highest BCUT2D eigenvalue weighted by Gasteiger charge is 2.24. The topological polar surface area (TPSA) is 108 Å². The SMILES string of the molecule is CCCCCCCCCCC/C=C\C/C=C\CCCCCCCCCCCCCCCCCCCC(=O)NC(COP(=O)([O-])OCC[N+](C)(C)C)C(O)CCCCCCCCCCCCCCCCCCC. The highest BCUT2D eigenvalue weighted by Crippen LogP contribution is 2.38. The summed E-state index contributed by atoms with van der Waals surface area (Å²) >= 11 is 0. The molecule has 0 saturated carbocycles. The van der Waals surface area contributed by atoms with Gasteiger partial charge >= 0.3 is 0 Å². The van der Waals surface area contributed by atoms with Crippen LogP contribution in [0.3, 0.4) is 0 Å². The number of nitrogens with one attached hydrogen (secondary N) is 1. The number of aliphatic hydroxyl groups excluding tert-OH is 1. The normalized spacial score (nSPS) is 13.9. The summed E-state index contributed by atoms with van der Waals surface area (Å²) in [6, 6.07) is -0.799. The Morgan fingerprint density at radius 1 is 0.486 bits per heavy atom. The number of hydrogen-bond donors (Lipinski definition) is 2. The number of rotatable bonds is 59. The Hall–Kier alpha value is -1.02. The number of aliphatic hydroxyl groups is 1. The van der Waals surface area contributed by atoms with Gasteiger partial charge in [0.1, 0.15) is 13.2 Å². The molecule has 0 aliphatic carbocycles. The molecule has 9 heteroatoms. The molecule has 3 unspecified atom stereocenters. The molecule has 72 heavy (non-hydrogen) atoms. The van der Waals surface area contributed by atoms with Gasteiger partial charge in [-0.15, -0.1) is 0 Å². The first-order valence-corrected chi connectivity index (χ1v) is 33.1. The molecule has 0 bridgehead atoms. The minimum absolute atomic E-state index is 0.0145. The van der Waals surface area contributed by atoms with Crippen molar-refractivity contribution in [3.63, 3.8) is 0 Å². The van der Waals surface area contributed by atoms with E-state index in [1.54, 1.807) is 0 Å². The van der Waals surface area contributed by atoms with E-state index < -0.39 is 20.0 Å². The first-order valence-electron chi connectivity index (χ1n) is 31.7. The van der Waals surface area contributed by atoms with Crippen LogP contribution in [-0.4, -0.2) is 68.5 Å². The van der Waals surface area contributed by atoms with Gasteiger partial charge in [-0.3, -0.25) is 9.36 Å². The zero-order chi connectivity index (χ0) is 52.7. The Labute approximate surface area is 449 Å². The van der Waals surface area contributed by atoms with Crippen LogP contribution in [-0.2, 0) is 18.4 Å². The van der Waals surface area contributed by atoms with E-state index in [0.717, 1.165) is 44.9 Å². The van der Waals surface area contributed by atoms with E-state index in [1.165, 1.54) is 250 Å². The van der Waals surface area contributed by atoms with Crippen molar-refractivity contribution in [3.8, 4) is 0 Å². The number of unbranched alkanes of at least 4 members (excludes halogenated alkanes) is 42. The number of quaternary nitrogens is 1. The monoisotopic (exact) mass is 1040 g/mol. The minimum Gasteiger partial charge on any atom is -0.756 e. The van der Waals surface area contributed by atoms with E-state index in [0.29, 0.717) is 23.9 Å². The van der Waals surface area contributed by atoms with Crippen molar-refractivity contribution in [2.45, 2.75) is 334 Å². The van der Waals surface area contributed by atoms with Crippen LogP contribution in [0.25, 0.3) is 0 Å². The lowest BCUT2D eigenvalue weighted by Gasteiger charge is -2.30. The molecule has 3 atom stereocenters. The fourth-order valence-electron chi connectivity index (χ4n) is 9.72. The second-order valence-corrected chi connectivity index (χ2v) is 24.5. The summed E-state index contributed by atoms with van der Waals surface area (Å²) in [5, 5.41) is 14.0. The van der Waals surface area contributed by atoms with Gasteiger partial charge in [0, 0.05) is 6.42 Å². The van der Waals surface area contributed by atoms with E-state index in [9.17, 15) is 19.4 Å². The summed E-state index contributed by atoms with van der Waals surface area (Å²) in [5.74, 6) is -0.159. The maximum atomic E-state index is 13.0. The van der Waals surface area contributed by atoms with Crippen LogP contribution in [0.15, 0.2) is 24.3 Å². The third-order valence-corrected chi connectivity index (χ3v) is 15.7. The van der Waals surface area contributed by atoms with E-state index in [4.69, 9.17) is 9.05 Å².